The van der Waals surface area contributed by atoms with Gasteiger partial charge in [0.05, 0.1) is 19.6 Å². The van der Waals surface area contributed by atoms with Gasteiger partial charge in [-0.05, 0) is 18.2 Å². The van der Waals surface area contributed by atoms with Gasteiger partial charge in [0.1, 0.15) is 6.04 Å². The van der Waals surface area contributed by atoms with Crippen molar-refractivity contribution in [3.8, 4) is 0 Å². The molecule has 1 atom stereocenters. The molecule has 1 saturated heterocycles. The first-order chi connectivity index (χ1) is 10.1. The lowest BCUT2D eigenvalue weighted by atomic mass is 10.1. The van der Waals surface area contributed by atoms with E-state index in [4.69, 9.17) is 16.3 Å². The number of carbonyl (C=O) groups excluding carboxylic acids is 1. The largest absolute Gasteiger partial charge is 0.480 e. The molecule has 0 bridgehead atoms. The maximum atomic E-state index is 12.0. The molecule has 21 heavy (non-hydrogen) atoms. The van der Waals surface area contributed by atoms with Crippen molar-refractivity contribution in [2.24, 2.45) is 0 Å². The number of benzene rings is 1. The molecule has 1 aliphatic rings. The minimum atomic E-state index is -1.00. The minimum Gasteiger partial charge on any atom is -0.480 e. The van der Waals surface area contributed by atoms with Gasteiger partial charge in [-0.15, -0.1) is 0 Å². The number of anilines is 1. The second kappa shape index (κ2) is 7.40. The summed E-state index contributed by atoms with van der Waals surface area (Å²) in [7, 11) is 0. The third-order valence-electron chi connectivity index (χ3n) is 3.26. The molecule has 1 aliphatic heterocycles. The van der Waals surface area contributed by atoms with Gasteiger partial charge in [0.25, 0.3) is 0 Å². The fourth-order valence-corrected chi connectivity index (χ4v) is 2.41. The zero-order chi connectivity index (χ0) is 15.2. The Kier molecular flexibility index (Phi) is 5.55. The predicted molar refractivity (Wildman–Crippen MR) is 78.5 cm³/mol. The first-order valence-corrected chi connectivity index (χ1v) is 7.04. The molecule has 2 rings (SSSR count). The highest BCUT2D eigenvalue weighted by Gasteiger charge is 2.29. The monoisotopic (exact) mass is 312 g/mol. The lowest BCUT2D eigenvalue weighted by molar-refractivity contribution is -0.147. The van der Waals surface area contributed by atoms with Crippen LogP contribution in [0.4, 0.5) is 5.69 Å². The maximum absolute atomic E-state index is 12.0. The van der Waals surface area contributed by atoms with Crippen molar-refractivity contribution in [2.75, 3.05) is 31.6 Å². The molecule has 7 heteroatoms. The van der Waals surface area contributed by atoms with E-state index in [9.17, 15) is 14.7 Å². The Bertz CT molecular complexity index is 517. The summed E-state index contributed by atoms with van der Waals surface area (Å²) in [5.74, 6) is -1.35. The van der Waals surface area contributed by atoms with E-state index in [2.05, 4.69) is 5.32 Å². The van der Waals surface area contributed by atoms with Gasteiger partial charge in [-0.1, -0.05) is 17.7 Å². The standard InChI is InChI=1S/C14H17ClN2O4/c15-10-2-1-3-11(8-10)16-13(18)9-12(14(19)20)17-4-6-21-7-5-17/h1-3,8,12H,4-7,9H2,(H,16,18)(H,19,20)/t12-/m1/s1. The number of carboxylic acid groups (broad SMARTS) is 1. The molecule has 114 valence electrons. The average Bonchev–Trinajstić information content (AvgIpc) is 2.45. The number of ether oxygens (including phenoxy) is 1. The van der Waals surface area contributed by atoms with Gasteiger partial charge in [-0.25, -0.2) is 0 Å². The van der Waals surface area contributed by atoms with Crippen LogP contribution in [-0.2, 0) is 14.3 Å². The molecule has 0 spiro atoms. The Morgan fingerprint density at radius 1 is 1.38 bits per heavy atom. The first-order valence-electron chi connectivity index (χ1n) is 6.66. The Morgan fingerprint density at radius 2 is 2.10 bits per heavy atom. The Morgan fingerprint density at radius 3 is 2.71 bits per heavy atom. The highest BCUT2D eigenvalue weighted by Crippen LogP contribution is 2.16. The summed E-state index contributed by atoms with van der Waals surface area (Å²) in [5.41, 5.74) is 0.554. The average molecular weight is 313 g/mol. The molecule has 0 radical (unpaired) electrons. The van der Waals surface area contributed by atoms with Gasteiger partial charge >= 0.3 is 5.97 Å². The number of halogens is 1. The van der Waals surface area contributed by atoms with Gasteiger partial charge in [0.2, 0.25) is 5.91 Å². The number of nitrogens with one attached hydrogen (secondary N) is 1. The van der Waals surface area contributed by atoms with Crippen LogP contribution in [0.15, 0.2) is 24.3 Å². The fourth-order valence-electron chi connectivity index (χ4n) is 2.22. The summed E-state index contributed by atoms with van der Waals surface area (Å²) in [6, 6.07) is 5.89. The lowest BCUT2D eigenvalue weighted by Gasteiger charge is -2.31. The summed E-state index contributed by atoms with van der Waals surface area (Å²) in [6.45, 7) is 2.00. The molecule has 1 aromatic carbocycles. The van der Waals surface area contributed by atoms with Crippen LogP contribution in [0.5, 0.6) is 0 Å². The molecule has 6 nitrogen and oxygen atoms in total. The Labute approximate surface area is 127 Å². The van der Waals surface area contributed by atoms with E-state index in [0.29, 0.717) is 37.0 Å². The Hall–Kier alpha value is -1.63. The van der Waals surface area contributed by atoms with Gasteiger partial charge in [0.15, 0.2) is 0 Å². The van der Waals surface area contributed by atoms with Crippen LogP contribution in [0.1, 0.15) is 6.42 Å². The van der Waals surface area contributed by atoms with E-state index < -0.39 is 12.0 Å². The number of carboxylic acids is 1. The maximum Gasteiger partial charge on any atom is 0.321 e. The second-order valence-electron chi connectivity index (χ2n) is 4.77. The number of nitrogens with zero attached hydrogens (tertiary/aromatic N) is 1. The van der Waals surface area contributed by atoms with Crippen molar-refractivity contribution in [1.82, 2.24) is 4.90 Å². The topological polar surface area (TPSA) is 78.9 Å². The van der Waals surface area contributed by atoms with E-state index >= 15 is 0 Å². The lowest BCUT2D eigenvalue weighted by Crippen LogP contribution is -2.48. The van der Waals surface area contributed by atoms with Crippen LogP contribution in [0.2, 0.25) is 5.02 Å². The predicted octanol–water partition coefficient (Wildman–Crippen LogP) is 1.45. The smallest absolute Gasteiger partial charge is 0.321 e. The third-order valence-corrected chi connectivity index (χ3v) is 3.49. The van der Waals surface area contributed by atoms with Gasteiger partial charge in [-0.2, -0.15) is 0 Å². The van der Waals surface area contributed by atoms with Crippen molar-refractivity contribution < 1.29 is 19.4 Å². The molecule has 0 aliphatic carbocycles. The molecule has 2 N–H and O–H groups in total. The highest BCUT2D eigenvalue weighted by molar-refractivity contribution is 6.30. The molecule has 0 aromatic heterocycles. The van der Waals surface area contributed by atoms with Crippen LogP contribution < -0.4 is 5.32 Å². The number of morpholine rings is 1. The van der Waals surface area contributed by atoms with E-state index in [1.54, 1.807) is 29.2 Å². The van der Waals surface area contributed by atoms with Crippen LogP contribution >= 0.6 is 11.6 Å². The molecule has 0 unspecified atom stereocenters. The number of rotatable bonds is 5. The number of hydrogen-bond donors (Lipinski definition) is 2. The van der Waals surface area contributed by atoms with Crippen molar-refractivity contribution in [1.29, 1.82) is 0 Å². The third kappa shape index (κ3) is 4.70. The summed E-state index contributed by atoms with van der Waals surface area (Å²) in [5, 5.41) is 12.5. The summed E-state index contributed by atoms with van der Waals surface area (Å²) in [6.07, 6.45) is -0.109. The normalized spacial score (nSPS) is 17.2. The van der Waals surface area contributed by atoms with Crippen LogP contribution in [0.3, 0.4) is 0 Å². The molecule has 1 aromatic rings. The number of aliphatic carboxylic acids is 1. The van der Waals surface area contributed by atoms with Crippen LogP contribution in [-0.4, -0.2) is 54.2 Å². The molecule has 1 amide bonds. The van der Waals surface area contributed by atoms with E-state index in [1.165, 1.54) is 0 Å². The molecular formula is C14H17ClN2O4. The zero-order valence-corrected chi connectivity index (χ0v) is 12.2. The summed E-state index contributed by atoms with van der Waals surface area (Å²) < 4.78 is 5.19. The summed E-state index contributed by atoms with van der Waals surface area (Å²) >= 11 is 5.84. The van der Waals surface area contributed by atoms with Crippen molar-refractivity contribution in [3.05, 3.63) is 29.3 Å². The minimum absolute atomic E-state index is 0.109. The Balaban J connectivity index is 1.96. The molecule has 0 saturated carbocycles. The van der Waals surface area contributed by atoms with Crippen molar-refractivity contribution in [3.63, 3.8) is 0 Å². The zero-order valence-electron chi connectivity index (χ0n) is 11.4. The quantitative estimate of drug-likeness (QED) is 0.860. The van der Waals surface area contributed by atoms with Gasteiger partial charge in [-0.3, -0.25) is 14.5 Å². The van der Waals surface area contributed by atoms with E-state index in [1.807, 2.05) is 0 Å². The molecule has 1 heterocycles. The first kappa shape index (κ1) is 15.8. The van der Waals surface area contributed by atoms with E-state index in [-0.39, 0.29) is 12.3 Å². The van der Waals surface area contributed by atoms with Crippen molar-refractivity contribution >= 4 is 29.2 Å². The second-order valence-corrected chi connectivity index (χ2v) is 5.20. The number of carbonyl (C=O) groups is 2. The molecule has 1 fully saturated rings. The van der Waals surface area contributed by atoms with Gasteiger partial charge < -0.3 is 15.2 Å². The van der Waals surface area contributed by atoms with Gasteiger partial charge in [0, 0.05) is 23.8 Å². The molecular weight excluding hydrogens is 296 g/mol. The number of hydrogen-bond acceptors (Lipinski definition) is 4. The van der Waals surface area contributed by atoms with Crippen molar-refractivity contribution in [2.45, 2.75) is 12.5 Å². The van der Waals surface area contributed by atoms with Crippen LogP contribution in [0, 0.1) is 0 Å². The summed E-state index contributed by atoms with van der Waals surface area (Å²) in [4.78, 5) is 25.1. The SMILES string of the molecule is O=C(C[C@H](C(=O)O)N1CCOCC1)Nc1cccc(Cl)c1. The number of amides is 1. The van der Waals surface area contributed by atoms with E-state index in [0.717, 1.165) is 0 Å². The highest BCUT2D eigenvalue weighted by atomic mass is 35.5. The fraction of sp³-hybridized carbons (Fsp3) is 0.429. The van der Waals surface area contributed by atoms with Crippen LogP contribution in [0.25, 0.3) is 0 Å².